The van der Waals surface area contributed by atoms with Crippen molar-refractivity contribution in [1.82, 2.24) is 0 Å². The number of carbonyl (C=O) groups excluding carboxylic acids is 1. The molecule has 1 aromatic carbocycles. The molecule has 1 unspecified atom stereocenters. The molecule has 1 aromatic rings. The Kier molecular flexibility index (Phi) is 5.72. The van der Waals surface area contributed by atoms with Crippen LogP contribution < -0.4 is 0 Å². The number of unbranched alkanes of at least 4 members (excludes halogenated alkanes) is 4. The van der Waals surface area contributed by atoms with Crippen molar-refractivity contribution in [1.29, 1.82) is 0 Å². The Labute approximate surface area is 136 Å². The van der Waals surface area contributed by atoms with Crippen LogP contribution in [0.3, 0.4) is 0 Å². The van der Waals surface area contributed by atoms with Gasteiger partial charge in [-0.1, -0.05) is 31.3 Å². The Bertz CT molecular complexity index is 663. The quantitative estimate of drug-likeness (QED) is 0.512. The van der Waals surface area contributed by atoms with E-state index in [1.165, 1.54) is 0 Å². The molecule has 0 fully saturated rings. The maximum Gasteiger partial charge on any atom is 0.339 e. The highest BCUT2D eigenvalue weighted by Gasteiger charge is 2.18. The number of benzene rings is 1. The van der Waals surface area contributed by atoms with E-state index in [0.717, 1.165) is 32.1 Å². The van der Waals surface area contributed by atoms with Gasteiger partial charge in [0.05, 0.1) is 22.7 Å². The zero-order valence-corrected chi connectivity index (χ0v) is 12.6. The number of aliphatic hydroxyl groups excluding tert-OH is 1. The number of esters is 1. The third kappa shape index (κ3) is 6.26. The van der Waals surface area contributed by atoms with Crippen molar-refractivity contribution in [2.45, 2.75) is 51.6 Å². The number of aromatic carboxylic acids is 1. The van der Waals surface area contributed by atoms with E-state index in [2.05, 4.69) is 0 Å². The summed E-state index contributed by atoms with van der Waals surface area (Å²) in [6.45, 7) is 1.82. The number of ether oxygens (including phenoxy) is 1. The summed E-state index contributed by atoms with van der Waals surface area (Å²) in [5.74, 6) is -2.68. The number of aliphatic hydroxyl groups is 1. The van der Waals surface area contributed by atoms with Crippen LogP contribution in [-0.2, 0) is 4.74 Å². The first-order valence-electron chi connectivity index (χ1n) is 9.37. The van der Waals surface area contributed by atoms with Crippen molar-refractivity contribution in [3.05, 3.63) is 35.3 Å². The number of carboxylic acids is 1. The van der Waals surface area contributed by atoms with Gasteiger partial charge in [0.2, 0.25) is 0 Å². The zero-order chi connectivity index (χ0) is 19.9. The van der Waals surface area contributed by atoms with Gasteiger partial charge >= 0.3 is 11.9 Å². The Morgan fingerprint density at radius 2 is 1.73 bits per heavy atom. The van der Waals surface area contributed by atoms with E-state index in [-0.39, 0.29) is 6.61 Å². The van der Waals surface area contributed by atoms with Crippen LogP contribution >= 0.6 is 0 Å². The Morgan fingerprint density at radius 3 is 2.36 bits per heavy atom. The number of hydrogen-bond acceptors (Lipinski definition) is 4. The molecule has 0 bridgehead atoms. The Balaban J connectivity index is 2.82. The first-order valence-corrected chi connectivity index (χ1v) is 7.37. The number of carbonyl (C=O) groups is 2. The van der Waals surface area contributed by atoms with Crippen molar-refractivity contribution in [3.63, 3.8) is 0 Å². The van der Waals surface area contributed by atoms with E-state index in [9.17, 15) is 14.7 Å². The van der Waals surface area contributed by atoms with Gasteiger partial charge < -0.3 is 14.9 Å². The Morgan fingerprint density at radius 1 is 1.14 bits per heavy atom. The second kappa shape index (κ2) is 9.95. The van der Waals surface area contributed by atoms with Crippen LogP contribution in [0.1, 0.15) is 71.6 Å². The molecule has 1 rings (SSSR count). The molecule has 0 aromatic heterocycles. The molecule has 5 nitrogen and oxygen atoms in total. The van der Waals surface area contributed by atoms with Gasteiger partial charge in [0.15, 0.2) is 0 Å². The average Bonchev–Trinajstić information content (AvgIpc) is 2.58. The summed E-state index contributed by atoms with van der Waals surface area (Å²) in [5, 5.41) is 17.9. The van der Waals surface area contributed by atoms with Crippen molar-refractivity contribution >= 4 is 11.9 Å². The zero-order valence-electron chi connectivity index (χ0n) is 16.6. The molecule has 0 aliphatic heterocycles. The van der Waals surface area contributed by atoms with Gasteiger partial charge in [-0.25, -0.2) is 9.59 Å². The monoisotopic (exact) mass is 312 g/mol. The predicted molar refractivity (Wildman–Crippen MR) is 83.1 cm³/mol. The average molecular weight is 312 g/mol. The molecular weight excluding hydrogens is 284 g/mol. The van der Waals surface area contributed by atoms with Gasteiger partial charge in [-0.15, -0.1) is 0 Å². The molecule has 122 valence electrons. The van der Waals surface area contributed by atoms with E-state index in [0.29, 0.717) is 6.42 Å². The second-order valence-corrected chi connectivity index (χ2v) is 5.05. The molecule has 0 saturated heterocycles. The number of rotatable bonds is 10. The van der Waals surface area contributed by atoms with E-state index >= 15 is 0 Å². The molecule has 0 spiro atoms. The molecule has 0 radical (unpaired) electrons. The fraction of sp³-hybridized carbons (Fsp3) is 0.529. The molecule has 0 saturated carbocycles. The molecular formula is C17H24O5. The highest BCUT2D eigenvalue weighted by Crippen LogP contribution is 2.14. The molecule has 0 aliphatic rings. The van der Waals surface area contributed by atoms with E-state index in [1.807, 2.05) is 0 Å². The lowest BCUT2D eigenvalue weighted by Crippen LogP contribution is -2.17. The minimum absolute atomic E-state index is 0.169. The number of hydrogen-bond donors (Lipinski definition) is 2. The fourth-order valence-corrected chi connectivity index (χ4v) is 2.00. The van der Waals surface area contributed by atoms with Crippen molar-refractivity contribution in [3.8, 4) is 0 Å². The third-order valence-electron chi connectivity index (χ3n) is 3.18. The molecule has 0 aliphatic carbocycles. The lowest BCUT2D eigenvalue weighted by molar-refractivity contribution is 0.0313. The summed E-state index contributed by atoms with van der Waals surface area (Å²) in [5.41, 5.74) is -1.43. The lowest BCUT2D eigenvalue weighted by Gasteiger charge is -2.14. The third-order valence-corrected chi connectivity index (χ3v) is 3.18. The van der Waals surface area contributed by atoms with Gasteiger partial charge in [-0.05, 0) is 38.3 Å². The van der Waals surface area contributed by atoms with Gasteiger partial charge in [-0.2, -0.15) is 0 Å². The molecule has 0 amide bonds. The van der Waals surface area contributed by atoms with Crippen LogP contribution in [0.5, 0.6) is 0 Å². The minimum Gasteiger partial charge on any atom is -0.478 e. The highest BCUT2D eigenvalue weighted by atomic mass is 16.5. The smallest absolute Gasteiger partial charge is 0.339 e. The molecule has 5 heteroatoms. The van der Waals surface area contributed by atoms with E-state index < -0.39 is 53.3 Å². The molecule has 2 N–H and O–H groups in total. The van der Waals surface area contributed by atoms with Crippen LogP contribution in [0.2, 0.25) is 0 Å². The van der Waals surface area contributed by atoms with Crippen molar-refractivity contribution in [2.75, 3.05) is 6.61 Å². The van der Waals surface area contributed by atoms with E-state index in [1.54, 1.807) is 6.92 Å². The van der Waals surface area contributed by atoms with Gasteiger partial charge in [-0.3, -0.25) is 0 Å². The SMILES string of the molecule is [2H]c1c([2H])c([2H])c(C(=O)OC(C)CCCCCCCO)c(C(=O)O)c1[2H]. The van der Waals surface area contributed by atoms with Crippen LogP contribution in [0.15, 0.2) is 24.2 Å². The largest absolute Gasteiger partial charge is 0.478 e. The predicted octanol–water partition coefficient (Wildman–Crippen LogP) is 3.26. The minimum atomic E-state index is -1.61. The summed E-state index contributed by atoms with van der Waals surface area (Å²) in [7, 11) is 0. The maximum absolute atomic E-state index is 12.3. The lowest BCUT2D eigenvalue weighted by atomic mass is 10.1. The summed E-state index contributed by atoms with van der Waals surface area (Å²) in [4.78, 5) is 23.7. The number of carboxylic acid groups (broad SMARTS) is 1. The molecule has 22 heavy (non-hydrogen) atoms. The summed E-state index contributed by atoms with van der Waals surface area (Å²) < 4.78 is 35.8. The van der Waals surface area contributed by atoms with Crippen molar-refractivity contribution in [2.24, 2.45) is 0 Å². The normalized spacial score (nSPS) is 14.5. The summed E-state index contributed by atoms with van der Waals surface area (Å²) >= 11 is 0. The van der Waals surface area contributed by atoms with Crippen LogP contribution in [0, 0.1) is 0 Å². The van der Waals surface area contributed by atoms with Crippen LogP contribution in [-0.4, -0.2) is 34.9 Å². The van der Waals surface area contributed by atoms with Gasteiger partial charge in [0, 0.05) is 6.61 Å². The first-order chi connectivity index (χ1) is 12.2. The topological polar surface area (TPSA) is 83.8 Å². The maximum atomic E-state index is 12.3. The fourth-order valence-electron chi connectivity index (χ4n) is 2.00. The Hall–Kier alpha value is -1.88. The summed E-state index contributed by atoms with van der Waals surface area (Å²) in [6, 6.07) is -2.88. The van der Waals surface area contributed by atoms with E-state index in [4.69, 9.17) is 15.3 Å². The second-order valence-electron chi connectivity index (χ2n) is 5.05. The first kappa shape index (κ1) is 12.6. The van der Waals surface area contributed by atoms with Gasteiger partial charge in [0.25, 0.3) is 0 Å². The van der Waals surface area contributed by atoms with Crippen LogP contribution in [0.4, 0.5) is 0 Å². The van der Waals surface area contributed by atoms with Gasteiger partial charge in [0.1, 0.15) is 0 Å². The van der Waals surface area contributed by atoms with Crippen molar-refractivity contribution < 1.29 is 30.0 Å². The molecule has 1 atom stereocenters. The molecule has 0 heterocycles. The highest BCUT2D eigenvalue weighted by molar-refractivity contribution is 6.02. The standard InChI is InChI=1S/C17H24O5/c1-13(9-5-3-2-4-8-12-18)22-17(21)15-11-7-6-10-14(15)16(19)20/h6-7,10-11,13,18H,2-5,8-9,12H2,1H3,(H,19,20)/i6D,7D,10D,11D. The summed E-state index contributed by atoms with van der Waals surface area (Å²) in [6.07, 6.45) is 4.37. The van der Waals surface area contributed by atoms with Crippen LogP contribution in [0.25, 0.3) is 0 Å².